The van der Waals surface area contributed by atoms with E-state index in [0.717, 1.165) is 5.56 Å². The largest absolute Gasteiger partial charge is 0.350 e. The van der Waals surface area contributed by atoms with Gasteiger partial charge in [-0.05, 0) is 31.5 Å². The Hall–Kier alpha value is -1.59. The molecule has 0 saturated carbocycles. The Morgan fingerprint density at radius 2 is 1.86 bits per heavy atom. The quantitative estimate of drug-likeness (QED) is 0.748. The first-order valence-corrected chi connectivity index (χ1v) is 7.15. The molecule has 1 aromatic carbocycles. The molecule has 0 saturated heterocycles. The number of hydrogen-bond acceptors (Lipinski definition) is 3. The number of rotatable bonds is 6. The maximum absolute atomic E-state index is 12.1. The predicted molar refractivity (Wildman–Crippen MR) is 83.9 cm³/mol. The molecule has 0 radical (unpaired) electrons. The average molecular weight is 312 g/mol. The first kappa shape index (κ1) is 17.5. The monoisotopic (exact) mass is 311 g/mol. The van der Waals surface area contributed by atoms with Crippen molar-refractivity contribution < 1.29 is 9.59 Å². The summed E-state index contributed by atoms with van der Waals surface area (Å²) in [5.41, 5.74) is 5.95. The second-order valence-corrected chi connectivity index (χ2v) is 6.08. The molecule has 4 N–H and O–H groups in total. The van der Waals surface area contributed by atoms with Crippen LogP contribution in [0.5, 0.6) is 0 Å². The van der Waals surface area contributed by atoms with E-state index >= 15 is 0 Å². The van der Waals surface area contributed by atoms with Gasteiger partial charge in [0.05, 0.1) is 12.5 Å². The van der Waals surface area contributed by atoms with E-state index < -0.39 is 11.6 Å². The minimum Gasteiger partial charge on any atom is -0.350 e. The molecule has 0 bridgehead atoms. The molecule has 1 unspecified atom stereocenters. The Kier molecular flexibility index (Phi) is 6.18. The highest BCUT2D eigenvalue weighted by molar-refractivity contribution is 6.30. The third-order valence-corrected chi connectivity index (χ3v) is 3.28. The molecule has 0 aromatic heterocycles. The molecule has 0 aliphatic heterocycles. The van der Waals surface area contributed by atoms with Crippen LogP contribution in [-0.2, 0) is 9.59 Å². The fourth-order valence-corrected chi connectivity index (χ4v) is 1.98. The van der Waals surface area contributed by atoms with Crippen molar-refractivity contribution in [3.05, 3.63) is 34.9 Å². The molecule has 1 aromatic rings. The number of amides is 2. The van der Waals surface area contributed by atoms with Crippen LogP contribution in [0.3, 0.4) is 0 Å². The van der Waals surface area contributed by atoms with E-state index in [2.05, 4.69) is 10.6 Å². The molecule has 1 rings (SSSR count). The van der Waals surface area contributed by atoms with Gasteiger partial charge in [0.25, 0.3) is 0 Å². The number of halogens is 1. The van der Waals surface area contributed by atoms with Crippen LogP contribution in [0.1, 0.15) is 38.8 Å². The number of benzene rings is 1. The Labute approximate surface area is 130 Å². The lowest BCUT2D eigenvalue weighted by Crippen LogP contribution is -2.49. The SMILES string of the molecule is CC(=O)NC(CC(=O)NC(C)(C)CN)c1ccc(Cl)cc1. The summed E-state index contributed by atoms with van der Waals surface area (Å²) in [6.07, 6.45) is 0.143. The molecule has 5 nitrogen and oxygen atoms in total. The molecule has 0 spiro atoms. The molecule has 6 heteroatoms. The van der Waals surface area contributed by atoms with E-state index in [1.165, 1.54) is 6.92 Å². The summed E-state index contributed by atoms with van der Waals surface area (Å²) in [6.45, 7) is 5.45. The molecule has 2 amide bonds. The zero-order valence-corrected chi connectivity index (χ0v) is 13.3. The van der Waals surface area contributed by atoms with Gasteiger partial charge in [-0.25, -0.2) is 0 Å². The molecule has 0 aliphatic rings. The summed E-state index contributed by atoms with van der Waals surface area (Å²) in [4.78, 5) is 23.4. The van der Waals surface area contributed by atoms with Crippen molar-refractivity contribution in [1.29, 1.82) is 0 Å². The highest BCUT2D eigenvalue weighted by Crippen LogP contribution is 2.20. The van der Waals surface area contributed by atoms with Crippen molar-refractivity contribution in [2.24, 2.45) is 5.73 Å². The second kappa shape index (κ2) is 7.43. The van der Waals surface area contributed by atoms with Crippen molar-refractivity contribution in [3.63, 3.8) is 0 Å². The molecule has 21 heavy (non-hydrogen) atoms. The first-order chi connectivity index (χ1) is 9.73. The van der Waals surface area contributed by atoms with Crippen LogP contribution in [0.25, 0.3) is 0 Å². The van der Waals surface area contributed by atoms with E-state index in [9.17, 15) is 9.59 Å². The normalized spacial score (nSPS) is 12.6. The van der Waals surface area contributed by atoms with Gasteiger partial charge >= 0.3 is 0 Å². The third kappa shape index (κ3) is 6.14. The van der Waals surface area contributed by atoms with Crippen molar-refractivity contribution in [2.45, 2.75) is 38.8 Å². The molecular formula is C15H22ClN3O2. The maximum Gasteiger partial charge on any atom is 0.222 e. The summed E-state index contributed by atoms with van der Waals surface area (Å²) in [5, 5.41) is 6.23. The lowest BCUT2D eigenvalue weighted by Gasteiger charge is -2.26. The number of nitrogens with one attached hydrogen (secondary N) is 2. The van der Waals surface area contributed by atoms with Gasteiger partial charge in [0.1, 0.15) is 0 Å². The highest BCUT2D eigenvalue weighted by Gasteiger charge is 2.22. The van der Waals surface area contributed by atoms with Crippen molar-refractivity contribution >= 4 is 23.4 Å². The van der Waals surface area contributed by atoms with Gasteiger partial charge in [-0.1, -0.05) is 23.7 Å². The van der Waals surface area contributed by atoms with E-state index in [0.29, 0.717) is 11.6 Å². The summed E-state index contributed by atoms with van der Waals surface area (Å²) < 4.78 is 0. The van der Waals surface area contributed by atoms with Crippen LogP contribution in [0.2, 0.25) is 5.02 Å². The average Bonchev–Trinajstić information content (AvgIpc) is 2.37. The van der Waals surface area contributed by atoms with Crippen molar-refractivity contribution in [2.75, 3.05) is 6.54 Å². The van der Waals surface area contributed by atoms with Gasteiger partial charge in [0.2, 0.25) is 11.8 Å². The van der Waals surface area contributed by atoms with Gasteiger partial charge in [-0.3, -0.25) is 9.59 Å². The summed E-state index contributed by atoms with van der Waals surface area (Å²) in [7, 11) is 0. The summed E-state index contributed by atoms with van der Waals surface area (Å²) >= 11 is 5.85. The van der Waals surface area contributed by atoms with Crippen LogP contribution in [0, 0.1) is 0 Å². The van der Waals surface area contributed by atoms with E-state index in [-0.39, 0.29) is 18.2 Å². The Morgan fingerprint density at radius 3 is 2.33 bits per heavy atom. The predicted octanol–water partition coefficient (Wildman–Crippen LogP) is 1.76. The summed E-state index contributed by atoms with van der Waals surface area (Å²) in [5.74, 6) is -0.361. The van der Waals surface area contributed by atoms with Crippen LogP contribution in [0.4, 0.5) is 0 Å². The number of nitrogens with two attached hydrogens (primary N) is 1. The fraction of sp³-hybridized carbons (Fsp3) is 0.467. The van der Waals surface area contributed by atoms with Gasteiger partial charge in [0.15, 0.2) is 0 Å². The first-order valence-electron chi connectivity index (χ1n) is 6.77. The molecule has 116 valence electrons. The Morgan fingerprint density at radius 1 is 1.29 bits per heavy atom. The van der Waals surface area contributed by atoms with E-state index in [1.54, 1.807) is 24.3 Å². The molecular weight excluding hydrogens is 290 g/mol. The van der Waals surface area contributed by atoms with Gasteiger partial charge < -0.3 is 16.4 Å². The zero-order chi connectivity index (χ0) is 16.0. The summed E-state index contributed by atoms with van der Waals surface area (Å²) in [6, 6.07) is 6.66. The molecule has 0 aliphatic carbocycles. The van der Waals surface area contributed by atoms with Gasteiger partial charge in [-0.15, -0.1) is 0 Å². The van der Waals surface area contributed by atoms with Gasteiger partial charge in [0, 0.05) is 24.0 Å². The lowest BCUT2D eigenvalue weighted by atomic mass is 10.0. The van der Waals surface area contributed by atoms with E-state index in [1.807, 2.05) is 13.8 Å². The topological polar surface area (TPSA) is 84.2 Å². The highest BCUT2D eigenvalue weighted by atomic mass is 35.5. The lowest BCUT2D eigenvalue weighted by molar-refractivity contribution is -0.124. The number of hydrogen-bond donors (Lipinski definition) is 3. The van der Waals surface area contributed by atoms with Gasteiger partial charge in [-0.2, -0.15) is 0 Å². The maximum atomic E-state index is 12.1. The fourth-order valence-electron chi connectivity index (χ4n) is 1.86. The van der Waals surface area contributed by atoms with Crippen LogP contribution >= 0.6 is 11.6 Å². The standard InChI is InChI=1S/C15H22ClN3O2/c1-10(20)18-13(11-4-6-12(16)7-5-11)8-14(21)19-15(2,3)9-17/h4-7,13H,8-9,17H2,1-3H3,(H,18,20)(H,19,21). The molecule has 0 fully saturated rings. The number of carbonyl (C=O) groups is 2. The number of carbonyl (C=O) groups excluding carboxylic acids is 2. The minimum atomic E-state index is -0.474. The third-order valence-electron chi connectivity index (χ3n) is 3.03. The zero-order valence-electron chi connectivity index (χ0n) is 12.6. The molecule has 0 heterocycles. The van der Waals surface area contributed by atoms with Crippen molar-refractivity contribution in [3.8, 4) is 0 Å². The Bertz CT molecular complexity index is 500. The van der Waals surface area contributed by atoms with E-state index in [4.69, 9.17) is 17.3 Å². The Balaban J connectivity index is 2.81. The van der Waals surface area contributed by atoms with Crippen LogP contribution < -0.4 is 16.4 Å². The van der Waals surface area contributed by atoms with Crippen LogP contribution in [0.15, 0.2) is 24.3 Å². The van der Waals surface area contributed by atoms with Crippen molar-refractivity contribution in [1.82, 2.24) is 10.6 Å². The minimum absolute atomic E-state index is 0.143. The molecule has 1 atom stereocenters. The van der Waals surface area contributed by atoms with Crippen LogP contribution in [-0.4, -0.2) is 23.9 Å². The smallest absolute Gasteiger partial charge is 0.222 e. The second-order valence-electron chi connectivity index (χ2n) is 5.64.